The average Bonchev–Trinajstić information content (AvgIpc) is 2.99. The highest BCUT2D eigenvalue weighted by Crippen LogP contribution is 2.66. The molecule has 0 aromatic rings. The van der Waals surface area contributed by atoms with Gasteiger partial charge < -0.3 is 10.2 Å². The van der Waals surface area contributed by atoms with Crippen LogP contribution in [0, 0.1) is 28.6 Å². The van der Waals surface area contributed by atoms with Gasteiger partial charge in [-0.15, -0.1) is 0 Å². The Labute approximate surface area is 164 Å². The molecule has 0 bridgehead atoms. The van der Waals surface area contributed by atoms with E-state index in [-0.39, 0.29) is 18.4 Å². The van der Waals surface area contributed by atoms with Crippen LogP contribution in [0.5, 0.6) is 0 Å². The van der Waals surface area contributed by atoms with Crippen LogP contribution in [0.15, 0.2) is 23.8 Å². The van der Waals surface area contributed by atoms with Crippen LogP contribution in [0.3, 0.4) is 0 Å². The summed E-state index contributed by atoms with van der Waals surface area (Å²) in [5.74, 6) is -8.48. The predicted octanol–water partition coefficient (Wildman–Crippen LogP) is 1.77. The molecule has 0 amide bonds. The van der Waals surface area contributed by atoms with Crippen molar-refractivity contribution < 1.29 is 35.6 Å². The molecule has 0 saturated heterocycles. The van der Waals surface area contributed by atoms with E-state index in [2.05, 4.69) is 0 Å². The molecule has 4 aliphatic carbocycles. The summed E-state index contributed by atoms with van der Waals surface area (Å²) in [6.45, 7) is -1.02. The molecular weight excluding hydrogens is 332 g/mol. The first-order valence-corrected chi connectivity index (χ1v) is 8.66. The van der Waals surface area contributed by atoms with Gasteiger partial charge in [0.05, 0.1) is 5.48 Å². The molecule has 0 unspecified atom stereocenters. The van der Waals surface area contributed by atoms with E-state index in [1.807, 2.05) is 0 Å². The Kier molecular flexibility index (Phi) is 2.24. The first-order valence-electron chi connectivity index (χ1n) is 12.7. The second-order valence-corrected chi connectivity index (χ2v) is 7.92. The Bertz CT molecular complexity index is 1100. The van der Waals surface area contributed by atoms with Gasteiger partial charge in [0.2, 0.25) is 0 Å². The van der Waals surface area contributed by atoms with E-state index in [9.17, 15) is 26.0 Å². The Hall–Kier alpha value is -1.59. The van der Waals surface area contributed by atoms with Crippen molar-refractivity contribution in [2.75, 3.05) is 6.56 Å². The molecular formula is C21H26O5. The zero-order valence-corrected chi connectivity index (χ0v) is 14.5. The number of hydrogen-bond acceptors (Lipinski definition) is 5. The van der Waals surface area contributed by atoms with Gasteiger partial charge in [-0.25, -0.2) is 0 Å². The van der Waals surface area contributed by atoms with Crippen LogP contribution in [0.2, 0.25) is 0 Å². The van der Waals surface area contributed by atoms with Gasteiger partial charge in [0.25, 0.3) is 0 Å². The smallest absolute Gasteiger partial charge is 0.190 e. The lowest BCUT2D eigenvalue weighted by Crippen LogP contribution is -2.60. The Morgan fingerprint density at radius 1 is 1.46 bits per heavy atom. The molecule has 4 aliphatic rings. The highest BCUT2D eigenvalue weighted by Gasteiger charge is 2.68. The summed E-state index contributed by atoms with van der Waals surface area (Å²) in [6, 6.07) is -1.29. The maximum atomic E-state index is 13.9. The Morgan fingerprint density at radius 3 is 2.88 bits per heavy atom. The molecule has 0 heterocycles. The van der Waals surface area contributed by atoms with Crippen molar-refractivity contribution in [3.8, 4) is 0 Å². The van der Waals surface area contributed by atoms with Crippen LogP contribution < -0.4 is 0 Å². The van der Waals surface area contributed by atoms with E-state index < -0.39 is 89.4 Å². The second kappa shape index (κ2) is 5.46. The third kappa shape index (κ3) is 2.01. The lowest BCUT2D eigenvalue weighted by molar-refractivity contribution is -0.168. The summed E-state index contributed by atoms with van der Waals surface area (Å²) in [7, 11) is 0. The van der Waals surface area contributed by atoms with Crippen LogP contribution in [-0.2, 0) is 14.4 Å². The number of allylic oxidation sites excluding steroid dienone is 4. The largest absolute Gasteiger partial charge is 0.388 e. The van der Waals surface area contributed by atoms with Crippen molar-refractivity contribution in [2.45, 2.75) is 51.5 Å². The molecule has 3 saturated carbocycles. The van der Waals surface area contributed by atoms with Crippen LogP contribution in [0.25, 0.3) is 0 Å². The van der Waals surface area contributed by atoms with Crippen molar-refractivity contribution in [3.05, 3.63) is 23.8 Å². The van der Waals surface area contributed by atoms with Crippen molar-refractivity contribution >= 4 is 17.3 Å². The number of hydrogen-bond donors (Lipinski definition) is 2. The summed E-state index contributed by atoms with van der Waals surface area (Å²) in [5.41, 5.74) is -6.95. The molecule has 0 radical (unpaired) electrons. The molecule has 0 aromatic carbocycles. The molecule has 0 aromatic heterocycles. The van der Waals surface area contributed by atoms with Gasteiger partial charge in [-0.3, -0.25) is 14.4 Å². The molecule has 26 heavy (non-hydrogen) atoms. The predicted molar refractivity (Wildman–Crippen MR) is 94.0 cm³/mol. The SMILES string of the molecule is [2H]C1=C[C@@]2(C)C(=C([2H])C1=O)[C@H]([2H])C[C@H]1[C@@H]3CC[C@](O)(C(=O)C([2H])([2H])O)[C@@]3(C)C([2H])([2H])C(=O)[C@@]12[2H]. The van der Waals surface area contributed by atoms with E-state index in [4.69, 9.17) is 9.60 Å². The van der Waals surface area contributed by atoms with E-state index in [1.165, 1.54) is 6.92 Å². The number of ketones is 3. The maximum Gasteiger partial charge on any atom is 0.190 e. The highest BCUT2D eigenvalue weighted by molar-refractivity contribution is 6.02. The fourth-order valence-electron chi connectivity index (χ4n) is 5.34. The van der Waals surface area contributed by atoms with E-state index >= 15 is 0 Å². The minimum atomic E-state index is -3.50. The number of carbonyl (C=O) groups is 3. The lowest BCUT2D eigenvalue weighted by atomic mass is 9.46. The first kappa shape index (κ1) is 10.7. The molecule has 4 rings (SSSR count). The summed E-state index contributed by atoms with van der Waals surface area (Å²) in [5, 5.41) is 21.1. The van der Waals surface area contributed by atoms with Crippen molar-refractivity contribution in [2.24, 2.45) is 28.6 Å². The minimum Gasteiger partial charge on any atom is -0.388 e. The standard InChI is InChI=1S/C21H26O5/c1-19-7-5-13(23)9-12(19)3-4-14-15-6-8-21(26,17(25)11-22)20(15,2)10-16(24)18(14)19/h5,7,9,14-15,18,22,26H,3-4,6,8,10-11H2,1-2H3/t14-,15-,18+,19-,20-,21-/m0/s1/i3D,5D,9D,10D2,11D2,18D/t3-,14+,15+,18-,19+,20+,21+/m1. The Balaban J connectivity index is 1.99. The molecule has 5 nitrogen and oxygen atoms in total. The molecule has 2 N–H and O–H groups in total. The summed E-state index contributed by atoms with van der Waals surface area (Å²) < 4.78 is 66.6. The normalized spacial score (nSPS) is 60.5. The number of fused-ring (bicyclic) bond motifs is 5. The first-order chi connectivity index (χ1) is 15.2. The Morgan fingerprint density at radius 2 is 2.19 bits per heavy atom. The van der Waals surface area contributed by atoms with Crippen molar-refractivity contribution in [1.29, 1.82) is 0 Å². The van der Waals surface area contributed by atoms with Gasteiger partial charge in [0.1, 0.15) is 17.9 Å². The third-order valence-corrected chi connectivity index (χ3v) is 6.80. The summed E-state index contributed by atoms with van der Waals surface area (Å²) in [6.07, 6.45) is -4.04. The van der Waals surface area contributed by atoms with Gasteiger partial charge in [0, 0.05) is 28.6 Å². The van der Waals surface area contributed by atoms with Crippen LogP contribution in [-0.4, -0.2) is 39.7 Å². The van der Waals surface area contributed by atoms with E-state index in [1.54, 1.807) is 0 Å². The van der Waals surface area contributed by atoms with Crippen molar-refractivity contribution in [3.63, 3.8) is 0 Å². The monoisotopic (exact) mass is 366 g/mol. The van der Waals surface area contributed by atoms with E-state index in [0.717, 1.165) is 13.0 Å². The highest BCUT2D eigenvalue weighted by atomic mass is 16.3. The fraction of sp³-hybridized carbons (Fsp3) is 0.667. The van der Waals surface area contributed by atoms with Crippen LogP contribution in [0.1, 0.15) is 56.8 Å². The molecule has 3 fully saturated rings. The van der Waals surface area contributed by atoms with Crippen molar-refractivity contribution in [1.82, 2.24) is 0 Å². The van der Waals surface area contributed by atoms with Gasteiger partial charge in [-0.1, -0.05) is 25.5 Å². The number of carbonyl (C=O) groups excluding carboxylic acids is 3. The topological polar surface area (TPSA) is 91.7 Å². The number of aliphatic hydroxyl groups is 2. The second-order valence-electron chi connectivity index (χ2n) is 7.92. The zero-order valence-electron chi connectivity index (χ0n) is 22.5. The average molecular weight is 366 g/mol. The minimum absolute atomic E-state index is 0.0845. The molecule has 7 atom stereocenters. The van der Waals surface area contributed by atoms with Gasteiger partial charge in [-0.2, -0.15) is 0 Å². The number of rotatable bonds is 2. The summed E-state index contributed by atoms with van der Waals surface area (Å²) >= 11 is 0. The van der Waals surface area contributed by atoms with Gasteiger partial charge in [0.15, 0.2) is 11.6 Å². The summed E-state index contributed by atoms with van der Waals surface area (Å²) in [4.78, 5) is 39.0. The van der Waals surface area contributed by atoms with Gasteiger partial charge >= 0.3 is 0 Å². The molecule has 140 valence electrons. The fourth-order valence-corrected chi connectivity index (χ4v) is 5.34. The number of Topliss-reactive ketones (excluding diaryl/α,β-unsaturated/α-hetero) is 2. The quantitative estimate of drug-likeness (QED) is 0.777. The molecule has 5 heteroatoms. The maximum absolute atomic E-state index is 13.9. The third-order valence-electron chi connectivity index (χ3n) is 6.80. The van der Waals surface area contributed by atoms with Crippen LogP contribution >= 0.6 is 0 Å². The van der Waals surface area contributed by atoms with Crippen LogP contribution in [0.4, 0.5) is 0 Å². The molecule has 0 aliphatic heterocycles. The van der Waals surface area contributed by atoms with Gasteiger partial charge in [-0.05, 0) is 49.6 Å². The lowest BCUT2D eigenvalue weighted by Gasteiger charge is -2.56. The molecule has 0 spiro atoms. The van der Waals surface area contributed by atoms with E-state index in [0.29, 0.717) is 0 Å². The zero-order chi connectivity index (χ0) is 26.0.